The molecule has 3 aromatic rings. The van der Waals surface area contributed by atoms with Crippen LogP contribution in [0.1, 0.15) is 0 Å². The van der Waals surface area contributed by atoms with Crippen molar-refractivity contribution < 1.29 is 0 Å². The zero-order chi connectivity index (χ0) is 13.4. The molecule has 1 aromatic heterocycles. The molecule has 0 saturated carbocycles. The van der Waals surface area contributed by atoms with E-state index in [1.807, 2.05) is 30.3 Å². The van der Waals surface area contributed by atoms with Gasteiger partial charge in [0.15, 0.2) is 0 Å². The van der Waals surface area contributed by atoms with Gasteiger partial charge in [0.2, 0.25) is 0 Å². The van der Waals surface area contributed by atoms with Crippen LogP contribution in [0.2, 0.25) is 5.02 Å². The van der Waals surface area contributed by atoms with Crippen molar-refractivity contribution in [2.45, 2.75) is 0 Å². The lowest BCUT2D eigenvalue weighted by Gasteiger charge is -2.09. The molecular weight excluding hydrogens is 260 g/mol. The van der Waals surface area contributed by atoms with E-state index in [0.29, 0.717) is 21.7 Å². The first-order valence-electron chi connectivity index (χ1n) is 5.88. The Bertz CT molecular complexity index is 809. The molecule has 1 heterocycles. The smallest absolute Gasteiger partial charge is 0.261 e. The molecule has 0 atom stereocenters. The first-order valence-corrected chi connectivity index (χ1v) is 6.26. The Hall–Kier alpha value is -2.13. The van der Waals surface area contributed by atoms with E-state index in [9.17, 15) is 4.79 Å². The van der Waals surface area contributed by atoms with Gasteiger partial charge in [0.1, 0.15) is 5.82 Å². The number of rotatable bonds is 1. The number of halogens is 1. The highest BCUT2D eigenvalue weighted by Gasteiger charge is 2.09. The van der Waals surface area contributed by atoms with Crippen LogP contribution in [0.5, 0.6) is 0 Å². The van der Waals surface area contributed by atoms with Crippen molar-refractivity contribution in [2.24, 2.45) is 7.05 Å². The van der Waals surface area contributed by atoms with Gasteiger partial charge in [0.05, 0.1) is 10.9 Å². The zero-order valence-corrected chi connectivity index (χ0v) is 11.1. The fourth-order valence-corrected chi connectivity index (χ4v) is 2.26. The van der Waals surface area contributed by atoms with Crippen LogP contribution in [-0.4, -0.2) is 9.55 Å². The summed E-state index contributed by atoms with van der Waals surface area (Å²) in [5.41, 5.74) is 1.48. The van der Waals surface area contributed by atoms with Crippen molar-refractivity contribution in [1.82, 2.24) is 9.55 Å². The number of hydrogen-bond acceptors (Lipinski definition) is 2. The lowest BCUT2D eigenvalue weighted by molar-refractivity contribution is 0.856. The van der Waals surface area contributed by atoms with Gasteiger partial charge in [-0.3, -0.25) is 9.36 Å². The second-order valence-corrected chi connectivity index (χ2v) is 4.76. The molecule has 4 heteroatoms. The molecule has 0 N–H and O–H groups in total. The third-order valence-corrected chi connectivity index (χ3v) is 3.30. The predicted octanol–water partition coefficient (Wildman–Crippen LogP) is 3.25. The summed E-state index contributed by atoms with van der Waals surface area (Å²) in [6.07, 6.45) is 0. The van der Waals surface area contributed by atoms with Crippen molar-refractivity contribution in [3.8, 4) is 11.4 Å². The summed E-state index contributed by atoms with van der Waals surface area (Å²) >= 11 is 5.92. The van der Waals surface area contributed by atoms with Crippen LogP contribution in [-0.2, 0) is 7.05 Å². The third kappa shape index (κ3) is 2.02. The standard InChI is InChI=1S/C15H11ClN2O/c1-18-14(10-5-3-2-4-6-10)17-13-8-7-11(16)9-12(13)15(18)19/h2-9H,1H3. The molecule has 19 heavy (non-hydrogen) atoms. The average Bonchev–Trinajstić information content (AvgIpc) is 2.44. The van der Waals surface area contributed by atoms with Crippen LogP contribution in [0.4, 0.5) is 0 Å². The number of nitrogens with zero attached hydrogens (tertiary/aromatic N) is 2. The van der Waals surface area contributed by atoms with Crippen molar-refractivity contribution >= 4 is 22.5 Å². The summed E-state index contributed by atoms with van der Waals surface area (Å²) in [5.74, 6) is 0.653. The van der Waals surface area contributed by atoms with Crippen LogP contribution in [0.15, 0.2) is 53.3 Å². The van der Waals surface area contributed by atoms with Crippen LogP contribution >= 0.6 is 11.6 Å². The molecule has 0 aliphatic heterocycles. The highest BCUT2D eigenvalue weighted by Crippen LogP contribution is 2.19. The van der Waals surface area contributed by atoms with E-state index < -0.39 is 0 Å². The molecule has 94 valence electrons. The van der Waals surface area contributed by atoms with E-state index in [0.717, 1.165) is 5.56 Å². The molecule has 0 saturated heterocycles. The Morgan fingerprint density at radius 2 is 1.84 bits per heavy atom. The summed E-state index contributed by atoms with van der Waals surface area (Å²) in [7, 11) is 1.72. The highest BCUT2D eigenvalue weighted by atomic mass is 35.5. The Balaban J connectivity index is 2.37. The number of aromatic nitrogens is 2. The summed E-state index contributed by atoms with van der Waals surface area (Å²) in [6, 6.07) is 14.8. The average molecular weight is 271 g/mol. The Morgan fingerprint density at radius 3 is 2.58 bits per heavy atom. The fourth-order valence-electron chi connectivity index (χ4n) is 2.09. The van der Waals surface area contributed by atoms with E-state index in [1.165, 1.54) is 0 Å². The lowest BCUT2D eigenvalue weighted by atomic mass is 10.2. The lowest BCUT2D eigenvalue weighted by Crippen LogP contribution is -2.20. The maximum Gasteiger partial charge on any atom is 0.261 e. The molecule has 2 aromatic carbocycles. The number of fused-ring (bicyclic) bond motifs is 1. The van der Waals surface area contributed by atoms with Gasteiger partial charge in [-0.05, 0) is 18.2 Å². The van der Waals surface area contributed by atoms with Crippen LogP contribution in [0, 0.1) is 0 Å². The molecule has 0 unspecified atom stereocenters. The van der Waals surface area contributed by atoms with E-state index in [4.69, 9.17) is 11.6 Å². The van der Waals surface area contributed by atoms with Gasteiger partial charge in [-0.1, -0.05) is 41.9 Å². The minimum atomic E-state index is -0.0913. The molecule has 0 amide bonds. The molecule has 0 aliphatic rings. The summed E-state index contributed by atoms with van der Waals surface area (Å²) < 4.78 is 1.55. The monoisotopic (exact) mass is 270 g/mol. The summed E-state index contributed by atoms with van der Waals surface area (Å²) in [4.78, 5) is 16.9. The van der Waals surface area contributed by atoms with E-state index in [-0.39, 0.29) is 5.56 Å². The minimum Gasteiger partial charge on any atom is -0.295 e. The molecule has 0 radical (unpaired) electrons. The summed E-state index contributed by atoms with van der Waals surface area (Å²) in [5, 5.41) is 1.08. The third-order valence-electron chi connectivity index (χ3n) is 3.07. The number of benzene rings is 2. The van der Waals surface area contributed by atoms with Crippen LogP contribution in [0.3, 0.4) is 0 Å². The molecule has 3 nitrogen and oxygen atoms in total. The van der Waals surface area contributed by atoms with Gasteiger partial charge in [-0.2, -0.15) is 0 Å². The topological polar surface area (TPSA) is 34.9 Å². The first-order chi connectivity index (χ1) is 9.16. The van der Waals surface area contributed by atoms with E-state index >= 15 is 0 Å². The second kappa shape index (κ2) is 4.52. The number of hydrogen-bond donors (Lipinski definition) is 0. The molecule has 0 fully saturated rings. The molecular formula is C15H11ClN2O. The van der Waals surface area contributed by atoms with Crippen molar-refractivity contribution in [2.75, 3.05) is 0 Å². The largest absolute Gasteiger partial charge is 0.295 e. The zero-order valence-electron chi connectivity index (χ0n) is 10.3. The van der Waals surface area contributed by atoms with Crippen molar-refractivity contribution in [1.29, 1.82) is 0 Å². The van der Waals surface area contributed by atoms with E-state index in [1.54, 1.807) is 29.8 Å². The van der Waals surface area contributed by atoms with Gasteiger partial charge in [0, 0.05) is 17.6 Å². The minimum absolute atomic E-state index is 0.0913. The quantitative estimate of drug-likeness (QED) is 0.680. The molecule has 0 aliphatic carbocycles. The SMILES string of the molecule is Cn1c(-c2ccccc2)nc2ccc(Cl)cc2c1=O. The van der Waals surface area contributed by atoms with Gasteiger partial charge >= 0.3 is 0 Å². The highest BCUT2D eigenvalue weighted by molar-refractivity contribution is 6.31. The second-order valence-electron chi connectivity index (χ2n) is 4.33. The van der Waals surface area contributed by atoms with Gasteiger partial charge in [0.25, 0.3) is 5.56 Å². The maximum absolute atomic E-state index is 12.3. The van der Waals surface area contributed by atoms with Crippen molar-refractivity contribution in [3.05, 3.63) is 63.9 Å². The Morgan fingerprint density at radius 1 is 1.11 bits per heavy atom. The van der Waals surface area contributed by atoms with E-state index in [2.05, 4.69) is 4.98 Å². The van der Waals surface area contributed by atoms with Gasteiger partial charge in [-0.25, -0.2) is 4.98 Å². The molecule has 0 spiro atoms. The Labute approximate surface area is 115 Å². The van der Waals surface area contributed by atoms with Crippen LogP contribution < -0.4 is 5.56 Å². The predicted molar refractivity (Wildman–Crippen MR) is 77.4 cm³/mol. The fraction of sp³-hybridized carbons (Fsp3) is 0.0667. The first kappa shape index (κ1) is 11.9. The molecule has 0 bridgehead atoms. The van der Waals surface area contributed by atoms with Gasteiger partial charge < -0.3 is 0 Å². The Kier molecular flexibility index (Phi) is 2.84. The summed E-state index contributed by atoms with van der Waals surface area (Å²) in [6.45, 7) is 0. The van der Waals surface area contributed by atoms with Gasteiger partial charge in [-0.15, -0.1) is 0 Å². The van der Waals surface area contributed by atoms with Crippen LogP contribution in [0.25, 0.3) is 22.3 Å². The maximum atomic E-state index is 12.3. The molecule has 3 rings (SSSR count). The normalized spacial score (nSPS) is 10.8. The van der Waals surface area contributed by atoms with Crippen molar-refractivity contribution in [3.63, 3.8) is 0 Å².